The lowest BCUT2D eigenvalue weighted by atomic mass is 9.94. The highest BCUT2D eigenvalue weighted by atomic mass is 32.2. The van der Waals surface area contributed by atoms with E-state index < -0.39 is 22.5 Å². The Hall–Kier alpha value is -1.78. The molecule has 0 radical (unpaired) electrons. The Labute approximate surface area is 144 Å². The number of alkyl halides is 2. The van der Waals surface area contributed by atoms with Crippen molar-refractivity contribution in [3.8, 4) is 5.75 Å². The number of nitrogens with zero attached hydrogens (tertiary/aromatic N) is 1. The molecule has 1 aliphatic rings. The van der Waals surface area contributed by atoms with Crippen LogP contribution in [0, 0.1) is 5.92 Å². The number of benzene rings is 1. The number of hydrogen-bond donors (Lipinski definition) is 1. The summed E-state index contributed by atoms with van der Waals surface area (Å²) in [6.45, 7) is -1.62. The number of hydrogen-bond acceptors (Lipinski definition) is 6. The highest BCUT2D eigenvalue weighted by molar-refractivity contribution is 7.90. The fraction of sp³-hybridized carbons (Fsp3) is 0.533. The largest absolute Gasteiger partial charge is 0.435 e. The van der Waals surface area contributed by atoms with Crippen molar-refractivity contribution in [2.75, 3.05) is 20.2 Å². The van der Waals surface area contributed by atoms with E-state index in [0.29, 0.717) is 13.1 Å². The molecule has 1 N–H and O–H groups in total. The van der Waals surface area contributed by atoms with Gasteiger partial charge in [0.25, 0.3) is 10.0 Å². The zero-order valence-corrected chi connectivity index (χ0v) is 14.5. The summed E-state index contributed by atoms with van der Waals surface area (Å²) >= 11 is 0. The van der Waals surface area contributed by atoms with Crippen molar-refractivity contribution in [2.45, 2.75) is 30.8 Å². The molecular formula is C15H20F2N2O5S. The summed E-state index contributed by atoms with van der Waals surface area (Å²) in [5.41, 5.74) is 0. The molecule has 2 rings (SSSR count). The number of amides is 1. The van der Waals surface area contributed by atoms with Crippen LogP contribution in [0.15, 0.2) is 29.2 Å². The lowest BCUT2D eigenvalue weighted by Gasteiger charge is -2.29. The summed E-state index contributed by atoms with van der Waals surface area (Å²) in [4.78, 5) is 16.9. The van der Waals surface area contributed by atoms with E-state index in [2.05, 4.69) is 4.74 Å². The Bertz CT molecular complexity index is 674. The van der Waals surface area contributed by atoms with Crippen LogP contribution in [-0.4, -0.2) is 46.2 Å². The maximum Gasteiger partial charge on any atom is 0.387 e. The van der Waals surface area contributed by atoms with Gasteiger partial charge in [-0.1, -0.05) is 0 Å². The van der Waals surface area contributed by atoms with Gasteiger partial charge in [-0.3, -0.25) is 4.79 Å². The molecule has 140 valence electrons. The van der Waals surface area contributed by atoms with E-state index in [9.17, 15) is 22.0 Å². The normalized spacial score (nSPS) is 16.8. The highest BCUT2D eigenvalue weighted by Gasteiger charge is 2.24. The average molecular weight is 378 g/mol. The Balaban J connectivity index is 1.90. The molecule has 1 saturated heterocycles. The molecule has 1 aliphatic heterocycles. The SMILES string of the molecule is CON1CCC(CC(=O)NS(=O)(=O)c2ccc(OC(F)F)cc2)CC1. The Morgan fingerprint density at radius 2 is 1.88 bits per heavy atom. The van der Waals surface area contributed by atoms with Crippen LogP contribution in [-0.2, 0) is 19.7 Å². The van der Waals surface area contributed by atoms with E-state index in [1.165, 1.54) is 0 Å². The van der Waals surface area contributed by atoms with Gasteiger partial charge in [0.15, 0.2) is 0 Å². The van der Waals surface area contributed by atoms with E-state index in [1.807, 2.05) is 4.72 Å². The number of sulfonamides is 1. The maximum atomic E-state index is 12.2. The van der Waals surface area contributed by atoms with Crippen molar-refractivity contribution in [2.24, 2.45) is 5.92 Å². The van der Waals surface area contributed by atoms with E-state index in [-0.39, 0.29) is 23.0 Å². The summed E-state index contributed by atoms with van der Waals surface area (Å²) in [6, 6.07) is 4.41. The smallest absolute Gasteiger partial charge is 0.387 e. The Morgan fingerprint density at radius 1 is 1.28 bits per heavy atom. The fourth-order valence-corrected chi connectivity index (χ4v) is 3.60. The van der Waals surface area contributed by atoms with E-state index in [1.54, 1.807) is 12.2 Å². The monoisotopic (exact) mass is 378 g/mol. The van der Waals surface area contributed by atoms with Gasteiger partial charge in [-0.05, 0) is 43.0 Å². The number of nitrogens with one attached hydrogen (secondary N) is 1. The van der Waals surface area contributed by atoms with E-state index in [0.717, 1.165) is 37.1 Å². The first-order valence-electron chi connectivity index (χ1n) is 7.69. The summed E-state index contributed by atoms with van der Waals surface area (Å²) < 4.78 is 54.7. The molecular weight excluding hydrogens is 358 g/mol. The molecule has 0 saturated carbocycles. The average Bonchev–Trinajstić information content (AvgIpc) is 2.55. The van der Waals surface area contributed by atoms with Gasteiger partial charge >= 0.3 is 6.61 Å². The lowest BCUT2D eigenvalue weighted by Crippen LogP contribution is -2.36. The van der Waals surface area contributed by atoms with Crippen molar-refractivity contribution >= 4 is 15.9 Å². The molecule has 1 aromatic carbocycles. The van der Waals surface area contributed by atoms with Gasteiger partial charge in [0.05, 0.1) is 12.0 Å². The van der Waals surface area contributed by atoms with Crippen LogP contribution < -0.4 is 9.46 Å². The lowest BCUT2D eigenvalue weighted by molar-refractivity contribution is -0.149. The minimum absolute atomic E-state index is 0.0865. The third kappa shape index (κ3) is 5.91. The number of carbonyl (C=O) groups excluding carboxylic acids is 1. The molecule has 0 aliphatic carbocycles. The zero-order valence-electron chi connectivity index (χ0n) is 13.7. The van der Waals surface area contributed by atoms with Crippen molar-refractivity contribution < 1.29 is 31.6 Å². The van der Waals surface area contributed by atoms with Crippen LogP contribution in [0.3, 0.4) is 0 Å². The first kappa shape index (κ1) is 19.5. The molecule has 0 bridgehead atoms. The van der Waals surface area contributed by atoms with Crippen molar-refractivity contribution in [1.82, 2.24) is 9.79 Å². The fourth-order valence-electron chi connectivity index (χ4n) is 2.61. The number of ether oxygens (including phenoxy) is 1. The third-order valence-corrected chi connectivity index (χ3v) is 5.30. The van der Waals surface area contributed by atoms with E-state index >= 15 is 0 Å². The predicted octanol–water partition coefficient (Wildman–Crippen LogP) is 1.76. The molecule has 1 aromatic rings. The second-order valence-corrected chi connectivity index (χ2v) is 7.32. The number of halogens is 2. The second-order valence-electron chi connectivity index (χ2n) is 5.64. The van der Waals surface area contributed by atoms with Crippen LogP contribution in [0.2, 0.25) is 0 Å². The van der Waals surface area contributed by atoms with Crippen molar-refractivity contribution in [3.63, 3.8) is 0 Å². The van der Waals surface area contributed by atoms with Gasteiger partial charge in [0.2, 0.25) is 5.91 Å². The number of rotatable bonds is 7. The number of piperidine rings is 1. The first-order valence-corrected chi connectivity index (χ1v) is 9.18. The van der Waals surface area contributed by atoms with Gasteiger partial charge < -0.3 is 9.57 Å². The van der Waals surface area contributed by atoms with Crippen LogP contribution in [0.1, 0.15) is 19.3 Å². The first-order chi connectivity index (χ1) is 11.8. The molecule has 0 atom stereocenters. The molecule has 25 heavy (non-hydrogen) atoms. The molecule has 1 fully saturated rings. The quantitative estimate of drug-likeness (QED) is 0.778. The molecule has 1 heterocycles. The Kier molecular flexibility index (Phi) is 6.68. The van der Waals surface area contributed by atoms with Gasteiger partial charge in [-0.25, -0.2) is 13.1 Å². The highest BCUT2D eigenvalue weighted by Crippen LogP contribution is 2.21. The van der Waals surface area contributed by atoms with Crippen LogP contribution in [0.4, 0.5) is 8.78 Å². The molecule has 0 spiro atoms. The van der Waals surface area contributed by atoms with Crippen LogP contribution >= 0.6 is 0 Å². The minimum Gasteiger partial charge on any atom is -0.435 e. The summed E-state index contributed by atoms with van der Waals surface area (Å²) in [5, 5.41) is 1.79. The maximum absolute atomic E-state index is 12.2. The van der Waals surface area contributed by atoms with Gasteiger partial charge in [0.1, 0.15) is 5.75 Å². The molecule has 7 nitrogen and oxygen atoms in total. The summed E-state index contributed by atoms with van der Waals surface area (Å²) in [5.74, 6) is -0.669. The molecule has 10 heteroatoms. The standard InChI is InChI=1S/C15H20F2N2O5S/c1-23-19-8-6-11(7-9-19)10-14(20)18-25(21,22)13-4-2-12(3-5-13)24-15(16)17/h2-5,11,15H,6-10H2,1H3,(H,18,20). The van der Waals surface area contributed by atoms with Crippen molar-refractivity contribution in [3.05, 3.63) is 24.3 Å². The molecule has 0 aromatic heterocycles. The van der Waals surface area contributed by atoms with Crippen molar-refractivity contribution in [1.29, 1.82) is 0 Å². The number of hydroxylamine groups is 2. The summed E-state index contributed by atoms with van der Waals surface area (Å²) in [7, 11) is -2.47. The second kappa shape index (κ2) is 8.54. The summed E-state index contributed by atoms with van der Waals surface area (Å²) in [6.07, 6.45) is 1.57. The number of carbonyl (C=O) groups is 1. The molecule has 1 amide bonds. The van der Waals surface area contributed by atoms with Gasteiger partial charge in [0, 0.05) is 19.5 Å². The third-order valence-electron chi connectivity index (χ3n) is 3.91. The molecule has 0 unspecified atom stereocenters. The topological polar surface area (TPSA) is 84.9 Å². The van der Waals surface area contributed by atoms with Gasteiger partial charge in [-0.2, -0.15) is 13.8 Å². The zero-order chi connectivity index (χ0) is 18.4. The minimum atomic E-state index is -4.05. The van der Waals surface area contributed by atoms with E-state index in [4.69, 9.17) is 4.84 Å². The van der Waals surface area contributed by atoms with Gasteiger partial charge in [-0.15, -0.1) is 0 Å². The van der Waals surface area contributed by atoms with Crippen LogP contribution in [0.5, 0.6) is 5.75 Å². The van der Waals surface area contributed by atoms with Crippen LogP contribution in [0.25, 0.3) is 0 Å². The Morgan fingerprint density at radius 3 is 2.40 bits per heavy atom. The predicted molar refractivity (Wildman–Crippen MR) is 84.3 cm³/mol.